The van der Waals surface area contributed by atoms with Crippen LogP contribution in [0.5, 0.6) is 0 Å². The zero-order valence-electron chi connectivity index (χ0n) is 10.2. The average Bonchev–Trinajstić information content (AvgIpc) is 2.38. The molecule has 1 atom stereocenters. The van der Waals surface area contributed by atoms with Crippen LogP contribution in [0.3, 0.4) is 0 Å². The second-order valence-electron chi connectivity index (χ2n) is 3.95. The van der Waals surface area contributed by atoms with Gasteiger partial charge in [-0.15, -0.1) is 0 Å². The topological polar surface area (TPSA) is 95.5 Å². The van der Waals surface area contributed by atoms with Gasteiger partial charge in [0.05, 0.1) is 12.0 Å². The summed E-state index contributed by atoms with van der Waals surface area (Å²) < 4.78 is 4.52. The molecule has 98 valence electrons. The molecule has 0 saturated heterocycles. The van der Waals surface area contributed by atoms with E-state index in [1.807, 2.05) is 0 Å². The van der Waals surface area contributed by atoms with E-state index in [1.165, 1.54) is 19.2 Å². The lowest BCUT2D eigenvalue weighted by molar-refractivity contribution is -0.384. The number of nitro benzene ring substituents is 1. The van der Waals surface area contributed by atoms with Gasteiger partial charge in [0.25, 0.3) is 5.69 Å². The number of aryl methyl sites for hydroxylation is 1. The van der Waals surface area contributed by atoms with E-state index in [4.69, 9.17) is 5.73 Å². The molecule has 0 fully saturated rings. The molecule has 6 heteroatoms. The van der Waals surface area contributed by atoms with Crippen molar-refractivity contribution in [3.8, 4) is 0 Å². The van der Waals surface area contributed by atoms with Crippen molar-refractivity contribution in [1.29, 1.82) is 0 Å². The van der Waals surface area contributed by atoms with Crippen LogP contribution in [0.1, 0.15) is 18.4 Å². The lowest BCUT2D eigenvalue weighted by Gasteiger charge is -2.08. The quantitative estimate of drug-likeness (QED) is 0.469. The summed E-state index contributed by atoms with van der Waals surface area (Å²) in [5.74, 6) is -0.418. The maximum Gasteiger partial charge on any atom is 0.322 e. The summed E-state index contributed by atoms with van der Waals surface area (Å²) in [4.78, 5) is 21.1. The molecule has 2 N–H and O–H groups in total. The van der Waals surface area contributed by atoms with Crippen LogP contribution in [0.25, 0.3) is 0 Å². The van der Waals surface area contributed by atoms with Crippen LogP contribution in [0.4, 0.5) is 5.69 Å². The van der Waals surface area contributed by atoms with Gasteiger partial charge < -0.3 is 10.5 Å². The van der Waals surface area contributed by atoms with Crippen molar-refractivity contribution in [1.82, 2.24) is 0 Å². The number of rotatable bonds is 6. The van der Waals surface area contributed by atoms with Gasteiger partial charge in [-0.2, -0.15) is 0 Å². The van der Waals surface area contributed by atoms with Gasteiger partial charge in [0.2, 0.25) is 0 Å². The molecule has 0 radical (unpaired) electrons. The Morgan fingerprint density at radius 1 is 1.44 bits per heavy atom. The van der Waals surface area contributed by atoms with Crippen LogP contribution in [0, 0.1) is 10.1 Å². The predicted octanol–water partition coefficient (Wildman–Crippen LogP) is 1.42. The molecule has 1 rings (SSSR count). The highest BCUT2D eigenvalue weighted by molar-refractivity contribution is 5.75. The zero-order chi connectivity index (χ0) is 13.5. The molecule has 0 bridgehead atoms. The molecule has 0 heterocycles. The van der Waals surface area contributed by atoms with Crippen molar-refractivity contribution in [2.45, 2.75) is 25.3 Å². The van der Waals surface area contributed by atoms with Crippen molar-refractivity contribution in [3.05, 3.63) is 39.9 Å². The summed E-state index contributed by atoms with van der Waals surface area (Å²) >= 11 is 0. The lowest BCUT2D eigenvalue weighted by Crippen LogP contribution is -2.31. The Morgan fingerprint density at radius 2 is 2.06 bits per heavy atom. The highest BCUT2D eigenvalue weighted by atomic mass is 16.6. The first-order valence-corrected chi connectivity index (χ1v) is 5.61. The largest absolute Gasteiger partial charge is 0.468 e. The lowest BCUT2D eigenvalue weighted by atomic mass is 10.0. The van der Waals surface area contributed by atoms with Crippen molar-refractivity contribution in [2.75, 3.05) is 7.11 Å². The Morgan fingerprint density at radius 3 is 2.56 bits per heavy atom. The van der Waals surface area contributed by atoms with E-state index < -0.39 is 16.9 Å². The van der Waals surface area contributed by atoms with E-state index in [0.29, 0.717) is 6.42 Å². The van der Waals surface area contributed by atoms with Crippen LogP contribution >= 0.6 is 0 Å². The Balaban J connectivity index is 2.40. The van der Waals surface area contributed by atoms with E-state index in [9.17, 15) is 14.9 Å². The minimum atomic E-state index is -0.604. The van der Waals surface area contributed by atoms with E-state index in [0.717, 1.165) is 18.4 Å². The molecular formula is C12H16N2O4. The van der Waals surface area contributed by atoms with E-state index in [1.54, 1.807) is 12.1 Å². The van der Waals surface area contributed by atoms with E-state index >= 15 is 0 Å². The third-order valence-electron chi connectivity index (χ3n) is 2.63. The first-order chi connectivity index (χ1) is 8.54. The average molecular weight is 252 g/mol. The number of benzene rings is 1. The SMILES string of the molecule is COC(=O)[C@@H](N)CCCc1ccc([N+](=O)[O-])cc1. The summed E-state index contributed by atoms with van der Waals surface area (Å²) in [5.41, 5.74) is 6.65. The summed E-state index contributed by atoms with van der Waals surface area (Å²) in [6.45, 7) is 0. The molecule has 1 aromatic rings. The number of hydrogen-bond donors (Lipinski definition) is 1. The normalized spacial score (nSPS) is 11.9. The third kappa shape index (κ3) is 4.14. The van der Waals surface area contributed by atoms with Crippen LogP contribution in [0.2, 0.25) is 0 Å². The van der Waals surface area contributed by atoms with Crippen LogP contribution < -0.4 is 5.73 Å². The molecule has 0 spiro atoms. The number of ether oxygens (including phenoxy) is 1. The number of carbonyl (C=O) groups excluding carboxylic acids is 1. The maximum absolute atomic E-state index is 11.1. The second-order valence-corrected chi connectivity index (χ2v) is 3.95. The molecule has 6 nitrogen and oxygen atoms in total. The number of esters is 1. The molecule has 0 aliphatic carbocycles. The fourth-order valence-corrected chi connectivity index (χ4v) is 1.58. The number of nitro groups is 1. The Kier molecular flexibility index (Phi) is 5.26. The molecule has 0 aromatic heterocycles. The van der Waals surface area contributed by atoms with Crippen molar-refractivity contribution in [3.63, 3.8) is 0 Å². The Labute approximate surface area is 105 Å². The smallest absolute Gasteiger partial charge is 0.322 e. The van der Waals surface area contributed by atoms with Crippen LogP contribution in [-0.2, 0) is 16.0 Å². The molecule has 18 heavy (non-hydrogen) atoms. The predicted molar refractivity (Wildman–Crippen MR) is 66.0 cm³/mol. The first kappa shape index (κ1) is 14.1. The zero-order valence-corrected chi connectivity index (χ0v) is 10.2. The Hall–Kier alpha value is -1.95. The van der Waals surface area contributed by atoms with E-state index in [2.05, 4.69) is 4.74 Å². The standard InChI is InChI=1S/C12H16N2O4/c1-18-12(15)11(13)4-2-3-9-5-7-10(8-6-9)14(16)17/h5-8,11H,2-4,13H2,1H3/t11-/m0/s1. The molecule has 0 amide bonds. The van der Waals surface area contributed by atoms with Crippen LogP contribution in [0.15, 0.2) is 24.3 Å². The van der Waals surface area contributed by atoms with Gasteiger partial charge in [0.15, 0.2) is 0 Å². The first-order valence-electron chi connectivity index (χ1n) is 5.61. The molecule has 0 aliphatic rings. The summed E-state index contributed by atoms with van der Waals surface area (Å²) in [6.07, 6.45) is 1.99. The number of non-ortho nitro benzene ring substituents is 1. The van der Waals surface area contributed by atoms with Crippen molar-refractivity contribution >= 4 is 11.7 Å². The van der Waals surface area contributed by atoms with Gasteiger partial charge in [-0.25, -0.2) is 0 Å². The highest BCUT2D eigenvalue weighted by Crippen LogP contribution is 2.14. The fourth-order valence-electron chi connectivity index (χ4n) is 1.58. The minimum absolute atomic E-state index is 0.0741. The van der Waals surface area contributed by atoms with Gasteiger partial charge in [-0.05, 0) is 24.8 Å². The fraction of sp³-hybridized carbons (Fsp3) is 0.417. The summed E-state index contributed by atoms with van der Waals surface area (Å²) in [7, 11) is 1.30. The van der Waals surface area contributed by atoms with Gasteiger partial charge in [0, 0.05) is 12.1 Å². The van der Waals surface area contributed by atoms with E-state index in [-0.39, 0.29) is 5.69 Å². The summed E-state index contributed by atoms with van der Waals surface area (Å²) in [6, 6.07) is 5.75. The second kappa shape index (κ2) is 6.70. The highest BCUT2D eigenvalue weighted by Gasteiger charge is 2.12. The van der Waals surface area contributed by atoms with Gasteiger partial charge in [-0.3, -0.25) is 14.9 Å². The van der Waals surface area contributed by atoms with Crippen molar-refractivity contribution in [2.24, 2.45) is 5.73 Å². The number of nitrogens with zero attached hydrogens (tertiary/aromatic N) is 1. The number of hydrogen-bond acceptors (Lipinski definition) is 5. The summed E-state index contributed by atoms with van der Waals surface area (Å²) in [5, 5.41) is 10.5. The monoisotopic (exact) mass is 252 g/mol. The van der Waals surface area contributed by atoms with Crippen molar-refractivity contribution < 1.29 is 14.5 Å². The minimum Gasteiger partial charge on any atom is -0.468 e. The third-order valence-corrected chi connectivity index (χ3v) is 2.63. The molecule has 0 aliphatic heterocycles. The number of nitrogens with two attached hydrogens (primary N) is 1. The Bertz CT molecular complexity index is 417. The van der Waals surface area contributed by atoms with Gasteiger partial charge in [-0.1, -0.05) is 12.1 Å². The van der Waals surface area contributed by atoms with Gasteiger partial charge >= 0.3 is 5.97 Å². The number of carbonyl (C=O) groups is 1. The maximum atomic E-state index is 11.1. The molecular weight excluding hydrogens is 236 g/mol. The molecule has 0 saturated carbocycles. The molecule has 0 unspecified atom stereocenters. The van der Waals surface area contributed by atoms with Gasteiger partial charge in [0.1, 0.15) is 6.04 Å². The molecule has 1 aromatic carbocycles. The van der Waals surface area contributed by atoms with Crippen LogP contribution in [-0.4, -0.2) is 24.0 Å². The number of methoxy groups -OCH3 is 1.